The molecule has 2 N–H and O–H groups in total. The third-order valence-corrected chi connectivity index (χ3v) is 3.90. The lowest BCUT2D eigenvalue weighted by atomic mass is 9.78. The van der Waals surface area contributed by atoms with Crippen LogP contribution in [0.15, 0.2) is 0 Å². The highest BCUT2D eigenvalue weighted by molar-refractivity contribution is 5.68. The molecular weight excluding hydrogens is 263 g/mol. The van der Waals surface area contributed by atoms with Crippen molar-refractivity contribution >= 4 is 5.97 Å². The van der Waals surface area contributed by atoms with E-state index < -0.39 is 30.3 Å². The van der Waals surface area contributed by atoms with Gasteiger partial charge in [0, 0.05) is 12.1 Å². The number of β-amino-alcohol motifs (C(OH)–C–C–N with tert-alkyl or cyclic N) is 1. The zero-order chi connectivity index (χ0) is 14.7. The third-order valence-electron chi connectivity index (χ3n) is 3.90. The van der Waals surface area contributed by atoms with Gasteiger partial charge in [0.1, 0.15) is 0 Å². The fourth-order valence-corrected chi connectivity index (χ4v) is 2.74. The number of likely N-dealkylation sites (N-methyl/N-ethyl adjacent to an activating group) is 1. The molecule has 112 valence electrons. The van der Waals surface area contributed by atoms with E-state index in [1.165, 1.54) is 11.9 Å². The maximum absolute atomic E-state index is 12.4. The summed E-state index contributed by atoms with van der Waals surface area (Å²) in [6.45, 7) is -0.587. The molecule has 1 atom stereocenters. The Labute approximate surface area is 110 Å². The van der Waals surface area contributed by atoms with Crippen molar-refractivity contribution in [3.8, 4) is 0 Å². The number of carboxylic acids is 1. The number of hydrogen-bond acceptors (Lipinski definition) is 3. The molecule has 7 heteroatoms. The van der Waals surface area contributed by atoms with Crippen LogP contribution in [0.1, 0.15) is 38.5 Å². The van der Waals surface area contributed by atoms with E-state index in [4.69, 9.17) is 10.2 Å². The van der Waals surface area contributed by atoms with E-state index in [2.05, 4.69) is 0 Å². The summed E-state index contributed by atoms with van der Waals surface area (Å²) in [4.78, 5) is 12.3. The topological polar surface area (TPSA) is 60.8 Å². The van der Waals surface area contributed by atoms with Gasteiger partial charge in [-0.1, -0.05) is 19.3 Å². The first-order valence-electron chi connectivity index (χ1n) is 6.35. The molecule has 4 nitrogen and oxygen atoms in total. The van der Waals surface area contributed by atoms with Crippen LogP contribution in [-0.4, -0.2) is 52.5 Å². The minimum absolute atomic E-state index is 0.186. The van der Waals surface area contributed by atoms with Crippen molar-refractivity contribution in [3.05, 3.63) is 0 Å². The average molecular weight is 283 g/mol. The van der Waals surface area contributed by atoms with Crippen molar-refractivity contribution in [2.45, 2.75) is 56.3 Å². The average Bonchev–Trinajstić information content (AvgIpc) is 2.27. The zero-order valence-electron chi connectivity index (χ0n) is 10.9. The van der Waals surface area contributed by atoms with Gasteiger partial charge in [0.25, 0.3) is 0 Å². The number of nitrogens with zero attached hydrogens (tertiary/aromatic N) is 1. The maximum Gasteiger partial charge on any atom is 0.415 e. The van der Waals surface area contributed by atoms with Gasteiger partial charge in [-0.05, 0) is 19.9 Å². The number of halogens is 3. The second-order valence-corrected chi connectivity index (χ2v) is 5.29. The number of aliphatic carboxylic acids is 1. The number of carbonyl (C=O) groups is 1. The van der Waals surface area contributed by atoms with Crippen molar-refractivity contribution in [2.24, 2.45) is 0 Å². The smallest absolute Gasteiger partial charge is 0.415 e. The summed E-state index contributed by atoms with van der Waals surface area (Å²) in [5.41, 5.74) is -0.768. The van der Waals surface area contributed by atoms with E-state index in [0.717, 1.165) is 19.3 Å². The quantitative estimate of drug-likeness (QED) is 0.810. The van der Waals surface area contributed by atoms with Crippen LogP contribution in [0, 0.1) is 0 Å². The van der Waals surface area contributed by atoms with Gasteiger partial charge < -0.3 is 10.2 Å². The Balaban J connectivity index is 2.77. The largest absolute Gasteiger partial charge is 0.481 e. The third kappa shape index (κ3) is 4.35. The number of aliphatic hydroxyl groups is 1. The van der Waals surface area contributed by atoms with Crippen LogP contribution in [0.25, 0.3) is 0 Å². The summed E-state index contributed by atoms with van der Waals surface area (Å²) in [7, 11) is 1.46. The van der Waals surface area contributed by atoms with E-state index in [9.17, 15) is 18.0 Å². The van der Waals surface area contributed by atoms with Gasteiger partial charge in [-0.25, -0.2) is 0 Å². The molecular formula is C12H20F3NO3. The van der Waals surface area contributed by atoms with Gasteiger partial charge in [-0.15, -0.1) is 0 Å². The fraction of sp³-hybridized carbons (Fsp3) is 0.917. The molecule has 19 heavy (non-hydrogen) atoms. The Morgan fingerprint density at radius 3 is 2.26 bits per heavy atom. The van der Waals surface area contributed by atoms with Gasteiger partial charge in [-0.2, -0.15) is 13.2 Å². The molecule has 0 saturated heterocycles. The summed E-state index contributed by atoms with van der Waals surface area (Å²) >= 11 is 0. The molecule has 0 aromatic rings. The zero-order valence-corrected chi connectivity index (χ0v) is 10.9. The summed E-state index contributed by atoms with van der Waals surface area (Å²) in [6.07, 6.45) is -3.61. The molecule has 0 aromatic heterocycles. The van der Waals surface area contributed by atoms with Crippen molar-refractivity contribution in [3.63, 3.8) is 0 Å². The van der Waals surface area contributed by atoms with Gasteiger partial charge in [0.15, 0.2) is 6.10 Å². The van der Waals surface area contributed by atoms with E-state index in [1.807, 2.05) is 0 Å². The van der Waals surface area contributed by atoms with E-state index in [0.29, 0.717) is 12.8 Å². The van der Waals surface area contributed by atoms with Crippen LogP contribution in [0.4, 0.5) is 13.2 Å². The highest BCUT2D eigenvalue weighted by Gasteiger charge is 2.44. The molecule has 0 spiro atoms. The Morgan fingerprint density at radius 1 is 1.32 bits per heavy atom. The van der Waals surface area contributed by atoms with Gasteiger partial charge in [-0.3, -0.25) is 9.69 Å². The molecule has 0 aromatic carbocycles. The molecule has 1 unspecified atom stereocenters. The number of hydrogen-bond donors (Lipinski definition) is 2. The summed E-state index contributed by atoms with van der Waals surface area (Å²) in [5.74, 6) is -1.02. The lowest BCUT2D eigenvalue weighted by Crippen LogP contribution is -2.53. The molecule has 1 rings (SSSR count). The maximum atomic E-state index is 12.4. The Hall–Kier alpha value is -0.820. The molecule has 0 bridgehead atoms. The Morgan fingerprint density at radius 2 is 1.84 bits per heavy atom. The minimum atomic E-state index is -4.67. The van der Waals surface area contributed by atoms with Crippen LogP contribution >= 0.6 is 0 Å². The normalized spacial score (nSPS) is 21.4. The number of rotatable bonds is 5. The predicted octanol–water partition coefficient (Wildman–Crippen LogP) is 2.02. The highest BCUT2D eigenvalue weighted by atomic mass is 19.4. The van der Waals surface area contributed by atoms with Crippen LogP contribution < -0.4 is 0 Å². The van der Waals surface area contributed by atoms with E-state index >= 15 is 0 Å². The van der Waals surface area contributed by atoms with E-state index in [1.54, 1.807) is 0 Å². The lowest BCUT2D eigenvalue weighted by molar-refractivity contribution is -0.211. The summed E-state index contributed by atoms with van der Waals surface area (Å²) in [5, 5.41) is 18.1. The molecule has 1 aliphatic rings. The van der Waals surface area contributed by atoms with Crippen LogP contribution in [0.2, 0.25) is 0 Å². The number of alkyl halides is 3. The first-order valence-corrected chi connectivity index (χ1v) is 6.35. The fourth-order valence-electron chi connectivity index (χ4n) is 2.74. The monoisotopic (exact) mass is 283 g/mol. The highest BCUT2D eigenvalue weighted by Crippen LogP contribution is 2.36. The van der Waals surface area contributed by atoms with E-state index in [-0.39, 0.29) is 6.42 Å². The minimum Gasteiger partial charge on any atom is -0.481 e. The van der Waals surface area contributed by atoms with Crippen LogP contribution in [0.5, 0.6) is 0 Å². The first-order chi connectivity index (χ1) is 8.67. The second kappa shape index (κ2) is 6.09. The molecule has 0 radical (unpaired) electrons. The van der Waals surface area contributed by atoms with Crippen molar-refractivity contribution in [2.75, 3.05) is 13.6 Å². The molecule has 1 aliphatic carbocycles. The standard InChI is InChI=1S/C12H20F3NO3/c1-16(8-9(17)12(13,14)15)11(7-10(18)19)5-3-2-4-6-11/h9,17H,2-8H2,1H3,(H,18,19). The number of aliphatic hydroxyl groups excluding tert-OH is 1. The summed E-state index contributed by atoms with van der Waals surface area (Å²) in [6, 6.07) is 0. The molecule has 0 heterocycles. The van der Waals surface area contributed by atoms with Crippen LogP contribution in [-0.2, 0) is 4.79 Å². The Bertz CT molecular complexity index is 314. The molecule has 1 saturated carbocycles. The molecule has 1 fully saturated rings. The molecule has 0 aliphatic heterocycles. The van der Waals surface area contributed by atoms with Gasteiger partial charge >= 0.3 is 12.1 Å². The molecule has 0 amide bonds. The van der Waals surface area contributed by atoms with Crippen LogP contribution in [0.3, 0.4) is 0 Å². The first kappa shape index (κ1) is 16.2. The van der Waals surface area contributed by atoms with Crippen molar-refractivity contribution < 1.29 is 28.2 Å². The SMILES string of the molecule is CN(CC(O)C(F)(F)F)C1(CC(=O)O)CCCCC1. The van der Waals surface area contributed by atoms with Gasteiger partial charge in [0.05, 0.1) is 6.42 Å². The van der Waals surface area contributed by atoms with Crippen molar-refractivity contribution in [1.82, 2.24) is 4.90 Å². The summed E-state index contributed by atoms with van der Waals surface area (Å²) < 4.78 is 37.1. The Kier molecular flexibility index (Phi) is 5.20. The number of carboxylic acid groups (broad SMARTS) is 1. The second-order valence-electron chi connectivity index (χ2n) is 5.29. The predicted molar refractivity (Wildman–Crippen MR) is 62.8 cm³/mol. The lowest BCUT2D eigenvalue weighted by Gasteiger charge is -2.44. The van der Waals surface area contributed by atoms with Gasteiger partial charge in [0.2, 0.25) is 0 Å². The van der Waals surface area contributed by atoms with Crippen molar-refractivity contribution in [1.29, 1.82) is 0 Å².